The van der Waals surface area contributed by atoms with E-state index in [0.29, 0.717) is 17.7 Å². The van der Waals surface area contributed by atoms with E-state index in [1.165, 1.54) is 12.1 Å². The van der Waals surface area contributed by atoms with Crippen LogP contribution >= 0.6 is 0 Å². The van der Waals surface area contributed by atoms with Crippen molar-refractivity contribution in [1.82, 2.24) is 0 Å². The van der Waals surface area contributed by atoms with E-state index < -0.39 is 11.6 Å². The lowest BCUT2D eigenvalue weighted by Crippen LogP contribution is -1.91. The zero-order chi connectivity index (χ0) is 11.8. The smallest absolute Gasteiger partial charge is 0.134 e. The zero-order valence-corrected chi connectivity index (χ0v) is 9.04. The van der Waals surface area contributed by atoms with Gasteiger partial charge < -0.3 is 4.74 Å². The second-order valence-corrected chi connectivity index (χ2v) is 4.02. The van der Waals surface area contributed by atoms with Crippen molar-refractivity contribution in [1.29, 1.82) is 0 Å². The van der Waals surface area contributed by atoms with E-state index >= 15 is 0 Å². The number of hydrogen-bond donors (Lipinski definition) is 0. The van der Waals surface area contributed by atoms with Crippen LogP contribution in [0.2, 0.25) is 0 Å². The Bertz CT molecular complexity index is 578. The summed E-state index contributed by atoms with van der Waals surface area (Å²) in [6.45, 7) is 0.620. The molecule has 2 aromatic rings. The fraction of sp³-hybridized carbons (Fsp3) is 0.143. The van der Waals surface area contributed by atoms with Crippen molar-refractivity contribution in [3.8, 4) is 16.9 Å². The van der Waals surface area contributed by atoms with Crippen molar-refractivity contribution in [2.24, 2.45) is 0 Å². The number of benzene rings is 2. The Hall–Kier alpha value is -1.90. The summed E-state index contributed by atoms with van der Waals surface area (Å²) in [4.78, 5) is 0. The van der Waals surface area contributed by atoms with Crippen molar-refractivity contribution in [2.45, 2.75) is 6.42 Å². The lowest BCUT2D eigenvalue weighted by atomic mass is 10.0. The fourth-order valence-corrected chi connectivity index (χ4v) is 2.14. The van der Waals surface area contributed by atoms with Gasteiger partial charge in [-0.05, 0) is 17.7 Å². The van der Waals surface area contributed by atoms with E-state index in [1.807, 2.05) is 12.1 Å². The quantitative estimate of drug-likeness (QED) is 0.730. The third-order valence-electron chi connectivity index (χ3n) is 2.94. The molecule has 1 nitrogen and oxygen atoms in total. The van der Waals surface area contributed by atoms with E-state index in [-0.39, 0.29) is 0 Å². The summed E-state index contributed by atoms with van der Waals surface area (Å²) in [5.41, 5.74) is 2.15. The second kappa shape index (κ2) is 3.84. The number of fused-ring (bicyclic) bond motifs is 1. The summed E-state index contributed by atoms with van der Waals surface area (Å²) >= 11 is 0. The molecule has 17 heavy (non-hydrogen) atoms. The van der Waals surface area contributed by atoms with Gasteiger partial charge in [-0.15, -0.1) is 0 Å². The standard InChI is InChI=1S/C14H10F2O/c15-10-4-5-11(13(16)8-10)12-3-1-2-9-6-7-17-14(9)12/h1-5,8H,6-7H2. The number of hydrogen-bond acceptors (Lipinski definition) is 1. The fourth-order valence-electron chi connectivity index (χ4n) is 2.14. The maximum Gasteiger partial charge on any atom is 0.134 e. The molecule has 2 aromatic carbocycles. The van der Waals surface area contributed by atoms with Crippen LogP contribution in [0.25, 0.3) is 11.1 Å². The molecule has 0 aliphatic carbocycles. The highest BCUT2D eigenvalue weighted by atomic mass is 19.1. The van der Waals surface area contributed by atoms with Gasteiger partial charge in [0, 0.05) is 23.6 Å². The largest absolute Gasteiger partial charge is 0.492 e. The Kier molecular flexibility index (Phi) is 2.32. The predicted molar refractivity (Wildman–Crippen MR) is 61.0 cm³/mol. The summed E-state index contributed by atoms with van der Waals surface area (Å²) < 4.78 is 32.1. The van der Waals surface area contributed by atoms with Crippen LogP contribution in [0.15, 0.2) is 36.4 Å². The molecule has 3 rings (SSSR count). The molecule has 0 N–H and O–H groups in total. The van der Waals surface area contributed by atoms with E-state index in [4.69, 9.17) is 4.74 Å². The monoisotopic (exact) mass is 232 g/mol. The molecule has 0 bridgehead atoms. The van der Waals surface area contributed by atoms with Gasteiger partial charge in [0.1, 0.15) is 17.4 Å². The van der Waals surface area contributed by atoms with Crippen molar-refractivity contribution in [2.75, 3.05) is 6.61 Å². The maximum atomic E-state index is 13.7. The molecule has 1 aliphatic rings. The molecule has 3 heteroatoms. The average molecular weight is 232 g/mol. The molecule has 86 valence electrons. The first-order valence-corrected chi connectivity index (χ1v) is 5.46. The molecular formula is C14H10F2O. The molecule has 0 saturated heterocycles. The molecule has 0 radical (unpaired) electrons. The van der Waals surface area contributed by atoms with Gasteiger partial charge in [-0.25, -0.2) is 8.78 Å². The first-order valence-electron chi connectivity index (χ1n) is 5.46. The Morgan fingerprint density at radius 1 is 1.00 bits per heavy atom. The highest BCUT2D eigenvalue weighted by Crippen LogP contribution is 2.37. The molecule has 0 fully saturated rings. The van der Waals surface area contributed by atoms with E-state index in [1.54, 1.807) is 6.07 Å². The molecule has 0 aromatic heterocycles. The van der Waals surface area contributed by atoms with Crippen LogP contribution in [0.4, 0.5) is 8.78 Å². The zero-order valence-electron chi connectivity index (χ0n) is 9.04. The first kappa shape index (κ1) is 10.3. The number of rotatable bonds is 1. The van der Waals surface area contributed by atoms with E-state index in [2.05, 4.69) is 0 Å². The van der Waals surface area contributed by atoms with Gasteiger partial charge in [-0.2, -0.15) is 0 Å². The number of halogens is 2. The Balaban J connectivity index is 2.19. The van der Waals surface area contributed by atoms with Crippen LogP contribution in [0.5, 0.6) is 5.75 Å². The highest BCUT2D eigenvalue weighted by molar-refractivity contribution is 5.73. The molecule has 1 aliphatic heterocycles. The summed E-state index contributed by atoms with van der Waals surface area (Å²) in [7, 11) is 0. The molecular weight excluding hydrogens is 222 g/mol. The second-order valence-electron chi connectivity index (χ2n) is 4.02. The third kappa shape index (κ3) is 1.68. The average Bonchev–Trinajstić information content (AvgIpc) is 2.77. The van der Waals surface area contributed by atoms with E-state index in [0.717, 1.165) is 23.8 Å². The van der Waals surface area contributed by atoms with Crippen molar-refractivity contribution < 1.29 is 13.5 Å². The van der Waals surface area contributed by atoms with Crippen LogP contribution in [0, 0.1) is 11.6 Å². The van der Waals surface area contributed by atoms with Gasteiger partial charge in [0.2, 0.25) is 0 Å². The van der Waals surface area contributed by atoms with Gasteiger partial charge in [0.25, 0.3) is 0 Å². The molecule has 0 atom stereocenters. The summed E-state index contributed by atoms with van der Waals surface area (Å²) in [5.74, 6) is -0.411. The summed E-state index contributed by atoms with van der Waals surface area (Å²) in [6.07, 6.45) is 0.839. The van der Waals surface area contributed by atoms with Gasteiger partial charge in [-0.3, -0.25) is 0 Å². The minimum Gasteiger partial charge on any atom is -0.492 e. The van der Waals surface area contributed by atoms with Gasteiger partial charge in [-0.1, -0.05) is 18.2 Å². The van der Waals surface area contributed by atoms with Gasteiger partial charge in [0.15, 0.2) is 0 Å². The third-order valence-corrected chi connectivity index (χ3v) is 2.94. The molecule has 0 unspecified atom stereocenters. The molecule has 0 spiro atoms. The van der Waals surface area contributed by atoms with Crippen LogP contribution in [0.3, 0.4) is 0 Å². The molecule has 1 heterocycles. The normalized spacial score (nSPS) is 13.3. The SMILES string of the molecule is Fc1ccc(-c2cccc3c2OCC3)c(F)c1. The van der Waals surface area contributed by atoms with Gasteiger partial charge in [0.05, 0.1) is 6.61 Å². The minimum absolute atomic E-state index is 0.380. The van der Waals surface area contributed by atoms with Gasteiger partial charge >= 0.3 is 0 Å². The maximum absolute atomic E-state index is 13.7. The minimum atomic E-state index is -0.570. The number of para-hydroxylation sites is 1. The van der Waals surface area contributed by atoms with Crippen LogP contribution < -0.4 is 4.74 Å². The Morgan fingerprint density at radius 2 is 1.88 bits per heavy atom. The molecule has 0 amide bonds. The Morgan fingerprint density at radius 3 is 2.71 bits per heavy atom. The lowest BCUT2D eigenvalue weighted by Gasteiger charge is -2.09. The number of ether oxygens (including phenoxy) is 1. The summed E-state index contributed by atoms with van der Waals surface area (Å²) in [5, 5.41) is 0. The highest BCUT2D eigenvalue weighted by Gasteiger charge is 2.18. The van der Waals surface area contributed by atoms with Crippen molar-refractivity contribution >= 4 is 0 Å². The Labute approximate surface area is 97.7 Å². The van der Waals surface area contributed by atoms with Crippen LogP contribution in [-0.4, -0.2) is 6.61 Å². The molecule has 0 saturated carbocycles. The summed E-state index contributed by atoms with van der Waals surface area (Å²) in [6, 6.07) is 9.22. The van der Waals surface area contributed by atoms with Crippen molar-refractivity contribution in [3.05, 3.63) is 53.6 Å². The van der Waals surface area contributed by atoms with Crippen LogP contribution in [-0.2, 0) is 6.42 Å². The van der Waals surface area contributed by atoms with Crippen molar-refractivity contribution in [3.63, 3.8) is 0 Å². The van der Waals surface area contributed by atoms with Crippen LogP contribution in [0.1, 0.15) is 5.56 Å². The predicted octanol–water partition coefficient (Wildman–Crippen LogP) is 3.57. The van der Waals surface area contributed by atoms with E-state index in [9.17, 15) is 8.78 Å². The first-order chi connectivity index (χ1) is 8.25. The topological polar surface area (TPSA) is 9.23 Å². The lowest BCUT2D eigenvalue weighted by molar-refractivity contribution is 0.358.